The van der Waals surface area contributed by atoms with Gasteiger partial charge in [0, 0.05) is 18.5 Å². The molecular weight excluding hydrogens is 378 g/mol. The van der Waals surface area contributed by atoms with Crippen LogP contribution in [0.4, 0.5) is 8.78 Å². The molecule has 2 heterocycles. The van der Waals surface area contributed by atoms with Gasteiger partial charge in [0.2, 0.25) is 0 Å². The highest BCUT2D eigenvalue weighted by Gasteiger charge is 2.33. The number of rotatable bonds is 9. The summed E-state index contributed by atoms with van der Waals surface area (Å²) in [6, 6.07) is 4.98. The second-order valence-electron chi connectivity index (χ2n) is 8.29. The van der Waals surface area contributed by atoms with E-state index < -0.39 is 12.2 Å². The molecular formula is C21H30F2N4O2. The lowest BCUT2D eigenvalue weighted by Crippen LogP contribution is -2.44. The number of aryl methyl sites for hydroxylation is 1. The Kier molecular flexibility index (Phi) is 6.43. The minimum Gasteiger partial charge on any atom is -0.435 e. The predicted octanol–water partition coefficient (Wildman–Crippen LogP) is 3.41. The molecule has 1 aliphatic heterocycles. The monoisotopic (exact) mass is 408 g/mol. The van der Waals surface area contributed by atoms with E-state index in [-0.39, 0.29) is 12.4 Å². The minimum absolute atomic E-state index is 0.00552. The summed E-state index contributed by atoms with van der Waals surface area (Å²) < 4.78 is 32.0. The highest BCUT2D eigenvalue weighted by atomic mass is 19.3. The van der Waals surface area contributed by atoms with Crippen molar-refractivity contribution in [1.82, 2.24) is 19.6 Å². The van der Waals surface area contributed by atoms with Crippen LogP contribution in [-0.4, -0.2) is 70.6 Å². The molecule has 3 rings (SSSR count). The summed E-state index contributed by atoms with van der Waals surface area (Å²) in [5.74, 6) is 0.119. The Labute approximate surface area is 170 Å². The maximum atomic E-state index is 12.7. The Morgan fingerprint density at radius 3 is 2.72 bits per heavy atom. The van der Waals surface area contributed by atoms with Gasteiger partial charge < -0.3 is 19.6 Å². The third kappa shape index (κ3) is 4.70. The molecule has 0 bridgehead atoms. The number of aliphatic hydroxyl groups excluding tert-OH is 1. The van der Waals surface area contributed by atoms with Crippen molar-refractivity contribution in [2.75, 3.05) is 33.8 Å². The van der Waals surface area contributed by atoms with E-state index in [4.69, 9.17) is 5.10 Å². The van der Waals surface area contributed by atoms with Gasteiger partial charge in [0.15, 0.2) is 0 Å². The van der Waals surface area contributed by atoms with Crippen molar-refractivity contribution in [3.8, 4) is 5.75 Å². The summed E-state index contributed by atoms with van der Waals surface area (Å²) >= 11 is 0. The topological polar surface area (TPSA) is 53.8 Å². The molecule has 2 aromatic rings. The lowest BCUT2D eigenvalue weighted by atomic mass is 10.0. The smallest absolute Gasteiger partial charge is 0.387 e. The van der Waals surface area contributed by atoms with Crippen molar-refractivity contribution < 1.29 is 18.6 Å². The quantitative estimate of drug-likeness (QED) is 0.689. The number of aromatic nitrogens is 2. The first kappa shape index (κ1) is 21.5. The number of hydrogen-bond donors (Lipinski definition) is 1. The standard InChI is InChI=1S/C21H30F2N4O2/c1-21(2,14-28)26-11-5-7-18(26)19-16-13-15(29-20(22)23)8-9-17(16)27(24-19)12-6-10-25(3)4/h7-9,13,20,28H,5-6,10-12,14H2,1-4H3. The van der Waals surface area contributed by atoms with E-state index in [2.05, 4.69) is 20.6 Å². The molecule has 0 saturated carbocycles. The zero-order chi connectivity index (χ0) is 21.2. The Balaban J connectivity index is 2.04. The van der Waals surface area contributed by atoms with Crippen molar-refractivity contribution in [2.45, 2.75) is 45.4 Å². The predicted molar refractivity (Wildman–Crippen MR) is 110 cm³/mol. The van der Waals surface area contributed by atoms with Crippen molar-refractivity contribution in [3.63, 3.8) is 0 Å². The molecule has 0 aliphatic carbocycles. The molecule has 1 aromatic carbocycles. The van der Waals surface area contributed by atoms with Crippen molar-refractivity contribution in [3.05, 3.63) is 30.0 Å². The van der Waals surface area contributed by atoms with Gasteiger partial charge in [0.05, 0.1) is 23.4 Å². The molecule has 1 aromatic heterocycles. The molecule has 1 aliphatic rings. The third-order valence-corrected chi connectivity index (χ3v) is 5.26. The van der Waals surface area contributed by atoms with E-state index in [0.717, 1.165) is 54.8 Å². The Morgan fingerprint density at radius 1 is 1.31 bits per heavy atom. The van der Waals surface area contributed by atoms with Crippen molar-refractivity contribution >= 4 is 16.6 Å². The molecule has 0 amide bonds. The number of nitrogens with zero attached hydrogens (tertiary/aromatic N) is 4. The molecule has 0 radical (unpaired) electrons. The number of benzene rings is 1. The van der Waals surface area contributed by atoms with Crippen LogP contribution in [0.5, 0.6) is 5.75 Å². The van der Waals surface area contributed by atoms with Crippen LogP contribution in [0.15, 0.2) is 24.3 Å². The molecule has 29 heavy (non-hydrogen) atoms. The highest BCUT2D eigenvalue weighted by Crippen LogP contribution is 2.36. The van der Waals surface area contributed by atoms with E-state index in [1.165, 1.54) is 0 Å². The molecule has 8 heteroatoms. The van der Waals surface area contributed by atoms with Gasteiger partial charge in [-0.2, -0.15) is 13.9 Å². The normalized spacial score (nSPS) is 15.1. The second-order valence-corrected chi connectivity index (χ2v) is 8.29. The van der Waals surface area contributed by atoms with E-state index in [1.54, 1.807) is 18.2 Å². The molecule has 1 N–H and O–H groups in total. The third-order valence-electron chi connectivity index (χ3n) is 5.26. The molecule has 0 fully saturated rings. The van der Waals surface area contributed by atoms with Gasteiger partial charge in [-0.3, -0.25) is 4.68 Å². The first-order chi connectivity index (χ1) is 13.7. The van der Waals surface area contributed by atoms with Crippen LogP contribution in [-0.2, 0) is 6.54 Å². The number of halogens is 2. The summed E-state index contributed by atoms with van der Waals surface area (Å²) in [7, 11) is 4.05. The van der Waals surface area contributed by atoms with Gasteiger partial charge >= 0.3 is 6.61 Å². The average Bonchev–Trinajstić information content (AvgIpc) is 3.26. The number of aliphatic hydroxyl groups is 1. The van der Waals surface area contributed by atoms with E-state index >= 15 is 0 Å². The maximum absolute atomic E-state index is 12.7. The summed E-state index contributed by atoms with van der Waals surface area (Å²) in [6.07, 6.45) is 3.87. The van der Waals surface area contributed by atoms with Gasteiger partial charge in [-0.1, -0.05) is 6.08 Å². The van der Waals surface area contributed by atoms with Gasteiger partial charge in [-0.15, -0.1) is 0 Å². The molecule has 0 spiro atoms. The first-order valence-corrected chi connectivity index (χ1v) is 9.92. The first-order valence-electron chi connectivity index (χ1n) is 9.92. The molecule has 6 nitrogen and oxygen atoms in total. The van der Waals surface area contributed by atoms with Crippen molar-refractivity contribution in [1.29, 1.82) is 0 Å². The molecule has 160 valence electrons. The van der Waals surface area contributed by atoms with Crippen LogP contribution in [0, 0.1) is 0 Å². The van der Waals surface area contributed by atoms with Crippen LogP contribution in [0.25, 0.3) is 16.6 Å². The summed E-state index contributed by atoms with van der Waals surface area (Å²) in [5.41, 5.74) is 2.11. The largest absolute Gasteiger partial charge is 0.435 e. The highest BCUT2D eigenvalue weighted by molar-refractivity contribution is 5.92. The van der Waals surface area contributed by atoms with Crippen LogP contribution < -0.4 is 4.74 Å². The summed E-state index contributed by atoms with van der Waals surface area (Å²) in [6.45, 7) is 3.52. The number of hydrogen-bond acceptors (Lipinski definition) is 5. The lowest BCUT2D eigenvalue weighted by molar-refractivity contribution is -0.0497. The summed E-state index contributed by atoms with van der Waals surface area (Å²) in [4.78, 5) is 4.26. The Bertz CT molecular complexity index is 877. The van der Waals surface area contributed by atoms with E-state index in [9.17, 15) is 13.9 Å². The molecule has 0 unspecified atom stereocenters. The van der Waals surface area contributed by atoms with Gasteiger partial charge in [-0.25, -0.2) is 0 Å². The Hall–Kier alpha value is -2.19. The van der Waals surface area contributed by atoms with E-state index in [0.29, 0.717) is 0 Å². The van der Waals surface area contributed by atoms with E-state index in [1.807, 2.05) is 32.6 Å². The van der Waals surface area contributed by atoms with Crippen LogP contribution in [0.1, 0.15) is 32.4 Å². The zero-order valence-corrected chi connectivity index (χ0v) is 17.5. The molecule has 0 atom stereocenters. The fraction of sp³-hybridized carbons (Fsp3) is 0.571. The fourth-order valence-corrected chi connectivity index (χ4v) is 3.73. The zero-order valence-electron chi connectivity index (χ0n) is 17.5. The number of ether oxygens (including phenoxy) is 1. The van der Waals surface area contributed by atoms with Crippen LogP contribution >= 0.6 is 0 Å². The number of fused-ring (bicyclic) bond motifs is 1. The number of alkyl halides is 2. The molecule has 0 saturated heterocycles. The van der Waals surface area contributed by atoms with Gasteiger partial charge in [0.25, 0.3) is 0 Å². The lowest BCUT2D eigenvalue weighted by Gasteiger charge is -2.37. The minimum atomic E-state index is -2.87. The van der Waals surface area contributed by atoms with Crippen LogP contribution in [0.3, 0.4) is 0 Å². The van der Waals surface area contributed by atoms with Gasteiger partial charge in [-0.05, 0) is 65.5 Å². The van der Waals surface area contributed by atoms with Crippen molar-refractivity contribution in [2.24, 2.45) is 0 Å². The second kappa shape index (κ2) is 8.67. The average molecular weight is 408 g/mol. The van der Waals surface area contributed by atoms with Crippen LogP contribution in [0.2, 0.25) is 0 Å². The SMILES string of the molecule is CN(C)CCCn1nc(C2=CCCN2C(C)(C)CO)c2cc(OC(F)F)ccc21. The fourth-order valence-electron chi connectivity index (χ4n) is 3.73. The Morgan fingerprint density at radius 2 is 2.07 bits per heavy atom. The van der Waals surface area contributed by atoms with Gasteiger partial charge in [0.1, 0.15) is 11.4 Å². The summed E-state index contributed by atoms with van der Waals surface area (Å²) in [5, 5.41) is 15.5. The maximum Gasteiger partial charge on any atom is 0.387 e.